The molecule has 0 spiro atoms. The molecule has 4 rings (SSSR count). The molecule has 0 saturated carbocycles. The number of ketones is 1. The summed E-state index contributed by atoms with van der Waals surface area (Å²) in [5.41, 5.74) is 2.14. The fourth-order valence-electron chi connectivity index (χ4n) is 2.99. The first-order chi connectivity index (χ1) is 10.7. The number of Topliss-reactive ketones (excluding diaryl/α,β-unsaturated/α-hetero) is 1. The van der Waals surface area contributed by atoms with E-state index < -0.39 is 5.50 Å². The normalized spacial score (nSPS) is 21.2. The summed E-state index contributed by atoms with van der Waals surface area (Å²) in [6, 6.07) is 14.9. The number of carbonyl (C=O) groups excluding carboxylic acids is 1. The van der Waals surface area contributed by atoms with Gasteiger partial charge >= 0.3 is 0 Å². The second-order valence-corrected chi connectivity index (χ2v) is 6.17. The predicted octanol–water partition coefficient (Wildman–Crippen LogP) is 4.52. The molecule has 1 N–H and O–H groups in total. The fraction of sp³-hybridized carbons (Fsp3) is 0.118. The average Bonchev–Trinajstić information content (AvgIpc) is 2.95. The molecule has 0 bridgehead atoms. The first-order valence-corrected chi connectivity index (χ1v) is 7.76. The van der Waals surface area contributed by atoms with Gasteiger partial charge in [0.1, 0.15) is 6.04 Å². The number of fused-ring (bicyclic) bond motifs is 1. The molecule has 1 saturated heterocycles. The molecule has 0 unspecified atom stereocenters. The highest BCUT2D eigenvalue weighted by Gasteiger charge is 2.48. The Hall–Kier alpha value is -1.97. The lowest BCUT2D eigenvalue weighted by Crippen LogP contribution is -2.56. The zero-order valence-electron chi connectivity index (χ0n) is 11.5. The number of nitrogens with one attached hydrogen (secondary N) is 1. The minimum atomic E-state index is -0.655. The highest BCUT2D eigenvalue weighted by Crippen LogP contribution is 2.43. The molecule has 1 aliphatic heterocycles. The van der Waals surface area contributed by atoms with Gasteiger partial charge in [-0.3, -0.25) is 4.79 Å². The van der Waals surface area contributed by atoms with Gasteiger partial charge in [0.2, 0.25) is 0 Å². The largest absolute Gasteiger partial charge is 0.361 e. The summed E-state index contributed by atoms with van der Waals surface area (Å²) in [5, 5.41) is 1.66. The number of anilines is 1. The Morgan fingerprint density at radius 1 is 1.09 bits per heavy atom. The Labute approximate surface area is 137 Å². The van der Waals surface area contributed by atoms with Crippen molar-refractivity contribution in [2.75, 3.05) is 4.90 Å². The highest BCUT2D eigenvalue weighted by atomic mass is 35.5. The quantitative estimate of drug-likeness (QED) is 0.554. The van der Waals surface area contributed by atoms with Crippen LogP contribution in [-0.4, -0.2) is 16.3 Å². The first-order valence-electron chi connectivity index (χ1n) is 6.94. The molecule has 3 nitrogen and oxygen atoms in total. The Kier molecular flexibility index (Phi) is 3.13. The van der Waals surface area contributed by atoms with Crippen molar-refractivity contribution in [3.8, 4) is 0 Å². The van der Waals surface area contributed by atoms with Gasteiger partial charge in [0, 0.05) is 33.4 Å². The summed E-state index contributed by atoms with van der Waals surface area (Å²) in [7, 11) is 0. The monoisotopic (exact) mass is 330 g/mol. The number of alkyl halides is 1. The molecule has 0 radical (unpaired) electrons. The van der Waals surface area contributed by atoms with Gasteiger partial charge in [0.05, 0.1) is 0 Å². The Morgan fingerprint density at radius 3 is 2.73 bits per heavy atom. The molecular weight excluding hydrogens is 319 g/mol. The fourth-order valence-corrected chi connectivity index (χ4v) is 3.52. The van der Waals surface area contributed by atoms with Gasteiger partial charge in [0.15, 0.2) is 11.3 Å². The number of para-hydroxylation sites is 1. The second-order valence-electron chi connectivity index (χ2n) is 5.32. The molecule has 22 heavy (non-hydrogen) atoms. The molecular formula is C17H12Cl2N2O. The summed E-state index contributed by atoms with van der Waals surface area (Å²) in [4.78, 5) is 17.5. The van der Waals surface area contributed by atoms with E-state index in [1.54, 1.807) is 6.07 Å². The van der Waals surface area contributed by atoms with Gasteiger partial charge in [0.25, 0.3) is 0 Å². The second kappa shape index (κ2) is 5.04. The number of H-pyrrole nitrogens is 1. The number of aromatic nitrogens is 1. The summed E-state index contributed by atoms with van der Waals surface area (Å²) in [5.74, 6) is 0.00592. The van der Waals surface area contributed by atoms with E-state index >= 15 is 0 Å². The SMILES string of the molecule is O=C1[C@H](c2c[nH]c3ccccc23)N(c2cccc(Cl)c2)[C@H]1Cl. The van der Waals surface area contributed by atoms with Gasteiger partial charge < -0.3 is 9.88 Å². The van der Waals surface area contributed by atoms with Crippen LogP contribution in [0.1, 0.15) is 11.6 Å². The van der Waals surface area contributed by atoms with Crippen LogP contribution in [0.3, 0.4) is 0 Å². The average molecular weight is 331 g/mol. The molecule has 110 valence electrons. The standard InChI is InChI=1S/C17H12Cl2N2O/c18-10-4-3-5-11(8-10)21-15(16(22)17(21)19)13-9-20-14-7-2-1-6-12(13)14/h1-9,15,17,20H/t15-,17+/m0/s1. The van der Waals surface area contributed by atoms with Gasteiger partial charge in [-0.15, -0.1) is 0 Å². The third kappa shape index (κ3) is 1.93. The molecule has 2 aromatic carbocycles. The topological polar surface area (TPSA) is 36.1 Å². The number of hydrogen-bond acceptors (Lipinski definition) is 2. The van der Waals surface area contributed by atoms with Crippen molar-refractivity contribution < 1.29 is 4.79 Å². The third-order valence-corrected chi connectivity index (χ3v) is 4.71. The molecule has 1 aromatic heterocycles. The van der Waals surface area contributed by atoms with Gasteiger partial charge in [-0.2, -0.15) is 0 Å². The molecule has 0 aliphatic carbocycles. The Bertz CT molecular complexity index is 874. The van der Waals surface area contributed by atoms with E-state index in [0.29, 0.717) is 5.02 Å². The minimum absolute atomic E-state index is 0.00592. The third-order valence-electron chi connectivity index (χ3n) is 4.05. The van der Waals surface area contributed by atoms with E-state index in [1.807, 2.05) is 53.6 Å². The van der Waals surface area contributed by atoms with E-state index in [0.717, 1.165) is 22.2 Å². The van der Waals surface area contributed by atoms with Crippen molar-refractivity contribution in [1.29, 1.82) is 0 Å². The van der Waals surface area contributed by atoms with Crippen LogP contribution in [0.4, 0.5) is 5.69 Å². The number of halogens is 2. The van der Waals surface area contributed by atoms with E-state index in [1.165, 1.54) is 0 Å². The van der Waals surface area contributed by atoms with E-state index in [4.69, 9.17) is 23.2 Å². The lowest BCUT2D eigenvalue weighted by atomic mass is 9.92. The van der Waals surface area contributed by atoms with Crippen LogP contribution < -0.4 is 4.90 Å². The summed E-state index contributed by atoms with van der Waals surface area (Å²) in [6.07, 6.45) is 1.88. The maximum atomic E-state index is 12.4. The number of benzene rings is 2. The van der Waals surface area contributed by atoms with E-state index in [-0.39, 0.29) is 11.8 Å². The Balaban J connectivity index is 1.81. The van der Waals surface area contributed by atoms with Crippen molar-refractivity contribution in [2.45, 2.75) is 11.5 Å². The first kappa shape index (κ1) is 13.7. The maximum Gasteiger partial charge on any atom is 0.197 e. The van der Waals surface area contributed by atoms with Crippen LogP contribution in [0.5, 0.6) is 0 Å². The maximum absolute atomic E-state index is 12.4. The summed E-state index contributed by atoms with van der Waals surface area (Å²) >= 11 is 12.3. The smallest absolute Gasteiger partial charge is 0.197 e. The van der Waals surface area contributed by atoms with Crippen LogP contribution in [0.2, 0.25) is 5.02 Å². The molecule has 0 amide bonds. The number of carbonyl (C=O) groups is 1. The number of nitrogens with zero attached hydrogens (tertiary/aromatic N) is 1. The summed E-state index contributed by atoms with van der Waals surface area (Å²) < 4.78 is 0. The predicted molar refractivity (Wildman–Crippen MR) is 89.6 cm³/mol. The van der Waals surface area contributed by atoms with Gasteiger partial charge in [-0.1, -0.05) is 47.5 Å². The van der Waals surface area contributed by atoms with Crippen molar-refractivity contribution >= 4 is 45.6 Å². The van der Waals surface area contributed by atoms with Crippen molar-refractivity contribution in [1.82, 2.24) is 4.98 Å². The van der Waals surface area contributed by atoms with Gasteiger partial charge in [-0.05, 0) is 24.3 Å². The van der Waals surface area contributed by atoms with Crippen LogP contribution in [0.25, 0.3) is 10.9 Å². The molecule has 2 atom stereocenters. The molecule has 3 aromatic rings. The van der Waals surface area contributed by atoms with E-state index in [9.17, 15) is 4.79 Å². The zero-order chi connectivity index (χ0) is 15.3. The zero-order valence-corrected chi connectivity index (χ0v) is 13.0. The van der Waals surface area contributed by atoms with Gasteiger partial charge in [-0.25, -0.2) is 0 Å². The van der Waals surface area contributed by atoms with Crippen LogP contribution in [0, 0.1) is 0 Å². The van der Waals surface area contributed by atoms with Crippen LogP contribution >= 0.6 is 23.2 Å². The molecule has 5 heteroatoms. The number of aromatic amines is 1. The highest BCUT2D eigenvalue weighted by molar-refractivity contribution is 6.37. The minimum Gasteiger partial charge on any atom is -0.361 e. The number of hydrogen-bond donors (Lipinski definition) is 1. The lowest BCUT2D eigenvalue weighted by molar-refractivity contribution is -0.124. The molecule has 2 heterocycles. The van der Waals surface area contributed by atoms with Crippen LogP contribution in [-0.2, 0) is 4.79 Å². The van der Waals surface area contributed by atoms with Crippen molar-refractivity contribution in [2.24, 2.45) is 0 Å². The number of rotatable bonds is 2. The van der Waals surface area contributed by atoms with Crippen molar-refractivity contribution in [3.05, 3.63) is 65.3 Å². The molecule has 1 aliphatic rings. The Morgan fingerprint density at radius 2 is 1.91 bits per heavy atom. The van der Waals surface area contributed by atoms with Crippen molar-refractivity contribution in [3.63, 3.8) is 0 Å². The molecule has 1 fully saturated rings. The summed E-state index contributed by atoms with van der Waals surface area (Å²) in [6.45, 7) is 0. The van der Waals surface area contributed by atoms with Crippen LogP contribution in [0.15, 0.2) is 54.7 Å². The van der Waals surface area contributed by atoms with E-state index in [2.05, 4.69) is 4.98 Å². The lowest BCUT2D eigenvalue weighted by Gasteiger charge is -2.45.